The maximum absolute atomic E-state index is 5.73. The Morgan fingerprint density at radius 2 is 1.38 bits per heavy atom. The lowest BCUT2D eigenvalue weighted by Crippen LogP contribution is -1.97. The molecule has 0 aliphatic heterocycles. The third-order valence-electron chi connectivity index (χ3n) is 3.34. The van der Waals surface area contributed by atoms with Crippen LogP contribution in [0.1, 0.15) is 31.7 Å². The highest BCUT2D eigenvalue weighted by molar-refractivity contribution is 7.99. The van der Waals surface area contributed by atoms with Crippen molar-refractivity contribution in [3.8, 4) is 5.75 Å². The van der Waals surface area contributed by atoms with Crippen molar-refractivity contribution in [3.63, 3.8) is 0 Å². The Hall–Kier alpha value is -1.76. The number of benzene rings is 2. The van der Waals surface area contributed by atoms with Crippen LogP contribution in [-0.4, -0.2) is 12.4 Å². The van der Waals surface area contributed by atoms with Crippen molar-refractivity contribution >= 4 is 11.8 Å². The second-order valence-corrected chi connectivity index (χ2v) is 6.28. The minimum absolute atomic E-state index is 0. The first-order chi connectivity index (χ1) is 10.4. The molecular formula is C19H29F5OS. The smallest absolute Gasteiger partial charge is 0.119 e. The lowest BCUT2D eigenvalue weighted by atomic mass is 10.2. The van der Waals surface area contributed by atoms with Gasteiger partial charge in [0.2, 0.25) is 0 Å². The number of hydrogen-bond donors (Lipinski definition) is 0. The summed E-state index contributed by atoms with van der Waals surface area (Å²) in [6.07, 6.45) is 4.72. The van der Waals surface area contributed by atoms with Gasteiger partial charge in [-0.1, -0.05) is 50.1 Å². The lowest BCUT2D eigenvalue weighted by molar-refractivity contribution is 0.306. The molecule has 2 aromatic rings. The van der Waals surface area contributed by atoms with Crippen LogP contribution in [0.2, 0.25) is 0 Å². The molecule has 2 aromatic carbocycles. The number of aryl methyl sites for hydroxylation is 1. The monoisotopic (exact) mass is 400 g/mol. The van der Waals surface area contributed by atoms with E-state index in [0.29, 0.717) is 0 Å². The normalized spacial score (nSPS) is 8.50. The van der Waals surface area contributed by atoms with Gasteiger partial charge in [-0.15, -0.1) is 11.8 Å². The van der Waals surface area contributed by atoms with E-state index in [2.05, 4.69) is 61.5 Å². The maximum Gasteiger partial charge on any atom is 0.119 e. The fraction of sp³-hybridized carbons (Fsp3) is 0.368. The van der Waals surface area contributed by atoms with E-state index in [1.54, 1.807) is 0 Å². The molecule has 1 nitrogen and oxygen atoms in total. The summed E-state index contributed by atoms with van der Waals surface area (Å²) in [5.74, 6) is 2.10. The molecule has 0 N–H and O–H groups in total. The van der Waals surface area contributed by atoms with Gasteiger partial charge in [0.05, 0.1) is 6.61 Å². The summed E-state index contributed by atoms with van der Waals surface area (Å²) in [7, 11) is 0. The van der Waals surface area contributed by atoms with Crippen molar-refractivity contribution in [2.24, 2.45) is 0 Å². The molecule has 26 heavy (non-hydrogen) atoms. The van der Waals surface area contributed by atoms with E-state index in [-0.39, 0.29) is 23.5 Å². The van der Waals surface area contributed by atoms with Crippen molar-refractivity contribution in [3.05, 3.63) is 60.2 Å². The Bertz CT molecular complexity index is 511. The molecule has 0 amide bonds. The molecule has 0 bridgehead atoms. The molecule has 0 fully saturated rings. The molecule has 0 saturated heterocycles. The zero-order valence-electron chi connectivity index (χ0n) is 14.8. The van der Waals surface area contributed by atoms with Crippen LogP contribution in [0.15, 0.2) is 59.5 Å². The highest BCUT2D eigenvalue weighted by atomic mass is 32.2. The Morgan fingerprint density at radius 1 is 0.769 bits per heavy atom. The number of unbranched alkanes of at least 4 members (excludes halogenated alkanes) is 2. The van der Waals surface area contributed by atoms with Crippen molar-refractivity contribution in [1.29, 1.82) is 0 Å². The standard InChI is InChI=1S/C19H24OS.5FH/c1-2-3-7-15-20-18-12-10-17(11-13-18)14-16-21-19-8-5-4-6-9-19;;;;;/h4-6,8-13H,2-3,7,14-16H2,1H3;5*1H. The summed E-state index contributed by atoms with van der Waals surface area (Å²) >= 11 is 1.91. The summed E-state index contributed by atoms with van der Waals surface area (Å²) in [5.41, 5.74) is 1.37. The topological polar surface area (TPSA) is 9.23 Å². The van der Waals surface area contributed by atoms with Gasteiger partial charge in [0.25, 0.3) is 0 Å². The Labute approximate surface area is 156 Å². The van der Waals surface area contributed by atoms with Crippen molar-refractivity contribution in [2.45, 2.75) is 37.5 Å². The first kappa shape index (κ1) is 32.0. The van der Waals surface area contributed by atoms with E-state index in [0.717, 1.165) is 31.0 Å². The number of ether oxygens (including phenoxy) is 1. The molecule has 0 saturated carbocycles. The third kappa shape index (κ3) is 12.6. The van der Waals surface area contributed by atoms with Gasteiger partial charge in [0.1, 0.15) is 5.75 Å². The molecule has 152 valence electrons. The minimum atomic E-state index is 0. The molecule has 0 aliphatic rings. The Morgan fingerprint density at radius 3 is 1.96 bits per heavy atom. The number of thioether (sulfide) groups is 1. The van der Waals surface area contributed by atoms with Gasteiger partial charge in [0, 0.05) is 10.6 Å². The van der Waals surface area contributed by atoms with Crippen molar-refractivity contribution < 1.29 is 28.3 Å². The van der Waals surface area contributed by atoms with E-state index < -0.39 is 0 Å². The molecule has 0 aromatic heterocycles. The summed E-state index contributed by atoms with van der Waals surface area (Å²) in [5, 5.41) is 0. The highest BCUT2D eigenvalue weighted by Gasteiger charge is 1.98. The average Bonchev–Trinajstić information content (AvgIpc) is 2.54. The van der Waals surface area contributed by atoms with E-state index in [1.807, 2.05) is 11.8 Å². The molecule has 0 aliphatic carbocycles. The van der Waals surface area contributed by atoms with E-state index in [1.165, 1.54) is 23.3 Å². The molecule has 0 unspecified atom stereocenters. The maximum atomic E-state index is 5.73. The summed E-state index contributed by atoms with van der Waals surface area (Å²) in [6.45, 7) is 3.04. The van der Waals surface area contributed by atoms with Gasteiger partial charge < -0.3 is 4.74 Å². The molecule has 2 rings (SSSR count). The van der Waals surface area contributed by atoms with E-state index in [4.69, 9.17) is 4.74 Å². The van der Waals surface area contributed by atoms with E-state index in [9.17, 15) is 0 Å². The number of rotatable bonds is 9. The molecule has 0 spiro atoms. The zero-order chi connectivity index (χ0) is 14.8. The molecule has 0 atom stereocenters. The summed E-state index contributed by atoms with van der Waals surface area (Å²) in [4.78, 5) is 1.34. The molecule has 0 radical (unpaired) electrons. The van der Waals surface area contributed by atoms with Gasteiger partial charge in [-0.3, -0.25) is 23.5 Å². The summed E-state index contributed by atoms with van der Waals surface area (Å²) in [6, 6.07) is 19.1. The Kier molecular flexibility index (Phi) is 24.0. The van der Waals surface area contributed by atoms with Crippen LogP contribution in [0, 0.1) is 0 Å². The molecular weight excluding hydrogens is 371 g/mol. The van der Waals surface area contributed by atoms with Crippen molar-refractivity contribution in [2.75, 3.05) is 12.4 Å². The van der Waals surface area contributed by atoms with Gasteiger partial charge in [-0.25, -0.2) is 0 Å². The van der Waals surface area contributed by atoms with Gasteiger partial charge in [-0.05, 0) is 42.7 Å². The lowest BCUT2D eigenvalue weighted by Gasteiger charge is -2.07. The predicted molar refractivity (Wildman–Crippen MR) is 105 cm³/mol. The highest BCUT2D eigenvalue weighted by Crippen LogP contribution is 2.19. The predicted octanol–water partition coefficient (Wildman–Crippen LogP) is 6.35. The van der Waals surface area contributed by atoms with Crippen LogP contribution in [-0.2, 0) is 6.42 Å². The summed E-state index contributed by atoms with van der Waals surface area (Å²) < 4.78 is 5.73. The van der Waals surface area contributed by atoms with Crippen LogP contribution in [0.25, 0.3) is 0 Å². The largest absolute Gasteiger partial charge is 0.494 e. The third-order valence-corrected chi connectivity index (χ3v) is 4.36. The van der Waals surface area contributed by atoms with Crippen LogP contribution >= 0.6 is 11.8 Å². The number of halogens is 5. The zero-order valence-corrected chi connectivity index (χ0v) is 15.6. The fourth-order valence-corrected chi connectivity index (χ4v) is 3.02. The van der Waals surface area contributed by atoms with Crippen molar-refractivity contribution in [1.82, 2.24) is 0 Å². The first-order valence-electron chi connectivity index (χ1n) is 7.78. The second kappa shape index (κ2) is 19.6. The number of hydrogen-bond acceptors (Lipinski definition) is 2. The van der Waals surface area contributed by atoms with Gasteiger partial charge >= 0.3 is 0 Å². The molecule has 0 heterocycles. The van der Waals surface area contributed by atoms with Crippen LogP contribution in [0.3, 0.4) is 0 Å². The first-order valence-corrected chi connectivity index (χ1v) is 8.76. The van der Waals surface area contributed by atoms with Crippen LogP contribution in [0.4, 0.5) is 23.5 Å². The van der Waals surface area contributed by atoms with Crippen LogP contribution < -0.4 is 4.74 Å². The SMILES string of the molecule is CCCCCOc1ccc(CCSc2ccccc2)cc1.F.F.F.F.F. The van der Waals surface area contributed by atoms with Crippen LogP contribution in [0.5, 0.6) is 5.75 Å². The van der Waals surface area contributed by atoms with Gasteiger partial charge in [-0.2, -0.15) is 0 Å². The average molecular weight is 400 g/mol. The minimum Gasteiger partial charge on any atom is -0.494 e. The Balaban J connectivity index is -0.000000484. The van der Waals surface area contributed by atoms with Gasteiger partial charge in [0.15, 0.2) is 0 Å². The van der Waals surface area contributed by atoms with E-state index >= 15 is 0 Å². The second-order valence-electron chi connectivity index (χ2n) is 5.11. The quantitative estimate of drug-likeness (QED) is 0.275. The fourth-order valence-electron chi connectivity index (χ4n) is 2.10. The molecule has 7 heteroatoms.